The Bertz CT molecular complexity index is 1170. The minimum absolute atomic E-state index is 0.0247. The number of likely N-dealkylation sites (tertiary alicyclic amines) is 1. The highest BCUT2D eigenvalue weighted by atomic mass is 35.5. The number of aryl methyl sites for hydroxylation is 1. The van der Waals surface area contributed by atoms with Crippen molar-refractivity contribution in [1.82, 2.24) is 4.90 Å². The van der Waals surface area contributed by atoms with Crippen LogP contribution in [0.15, 0.2) is 40.8 Å². The first-order valence-corrected chi connectivity index (χ1v) is 10.6. The van der Waals surface area contributed by atoms with Crippen molar-refractivity contribution in [3.05, 3.63) is 63.9 Å². The van der Waals surface area contributed by atoms with Gasteiger partial charge in [0.15, 0.2) is 11.5 Å². The van der Waals surface area contributed by atoms with E-state index in [1.807, 2.05) is 30.9 Å². The Labute approximate surface area is 179 Å². The second-order valence-electron chi connectivity index (χ2n) is 8.31. The number of rotatable bonds is 2. The number of fused-ring (bicyclic) bond motifs is 3. The molecule has 2 aliphatic heterocycles. The molecule has 0 saturated carbocycles. The molecule has 1 aromatic heterocycles. The summed E-state index contributed by atoms with van der Waals surface area (Å²) in [4.78, 5) is 28.0. The number of amides is 1. The Kier molecular flexibility index (Phi) is 4.40. The first kappa shape index (κ1) is 19.2. The fourth-order valence-corrected chi connectivity index (χ4v) is 4.71. The zero-order chi connectivity index (χ0) is 21.0. The molecule has 0 spiro atoms. The van der Waals surface area contributed by atoms with Crippen LogP contribution >= 0.6 is 11.6 Å². The summed E-state index contributed by atoms with van der Waals surface area (Å²) in [5.41, 5.74) is 1.85. The molecule has 2 aliphatic rings. The zero-order valence-electron chi connectivity index (χ0n) is 17.0. The predicted molar refractivity (Wildman–Crippen MR) is 114 cm³/mol. The van der Waals surface area contributed by atoms with Crippen molar-refractivity contribution in [2.75, 3.05) is 13.1 Å². The minimum Gasteiger partial charge on any atom is -0.482 e. The van der Waals surface area contributed by atoms with E-state index in [-0.39, 0.29) is 18.1 Å². The topological polar surface area (TPSA) is 59.8 Å². The standard InChI is InChI=1S/C24H22ClNO4/c1-14-20-18(29-22(14)23(28)26-11-3-4-12-26)9-10-19-21(20)17(27)13-24(2,30-19)15-5-7-16(25)8-6-15/h5-10H,3-4,11-13H2,1-2H3. The Balaban J connectivity index is 1.59. The highest BCUT2D eigenvalue weighted by Crippen LogP contribution is 2.44. The quantitative estimate of drug-likeness (QED) is 0.545. The van der Waals surface area contributed by atoms with Crippen LogP contribution in [0.4, 0.5) is 0 Å². The van der Waals surface area contributed by atoms with Gasteiger partial charge in [0, 0.05) is 29.1 Å². The van der Waals surface area contributed by atoms with Crippen molar-refractivity contribution in [2.24, 2.45) is 0 Å². The van der Waals surface area contributed by atoms with Gasteiger partial charge < -0.3 is 14.1 Å². The Hall–Kier alpha value is -2.79. The number of nitrogens with zero attached hydrogens (tertiary/aromatic N) is 1. The molecule has 1 fully saturated rings. The molecule has 5 rings (SSSR count). The molecule has 6 heteroatoms. The summed E-state index contributed by atoms with van der Waals surface area (Å²) in [5, 5.41) is 1.31. The molecule has 30 heavy (non-hydrogen) atoms. The molecule has 3 aromatic rings. The molecule has 1 saturated heterocycles. The number of halogens is 1. The van der Waals surface area contributed by atoms with E-state index in [9.17, 15) is 9.59 Å². The maximum Gasteiger partial charge on any atom is 0.289 e. The molecule has 0 N–H and O–H groups in total. The van der Waals surface area contributed by atoms with Gasteiger partial charge in [0.25, 0.3) is 5.91 Å². The number of ether oxygens (including phenoxy) is 1. The van der Waals surface area contributed by atoms with Crippen LogP contribution in [0.3, 0.4) is 0 Å². The molecule has 0 bridgehead atoms. The van der Waals surface area contributed by atoms with E-state index in [0.717, 1.165) is 31.5 Å². The van der Waals surface area contributed by atoms with Crippen LogP contribution in [0.1, 0.15) is 58.2 Å². The maximum absolute atomic E-state index is 13.3. The Morgan fingerprint density at radius 3 is 2.50 bits per heavy atom. The second kappa shape index (κ2) is 6.88. The number of carbonyl (C=O) groups is 2. The number of hydrogen-bond acceptors (Lipinski definition) is 4. The summed E-state index contributed by atoms with van der Waals surface area (Å²) < 4.78 is 12.3. The van der Waals surface area contributed by atoms with E-state index in [0.29, 0.717) is 38.6 Å². The molecule has 3 heterocycles. The summed E-state index contributed by atoms with van der Waals surface area (Å²) in [6, 6.07) is 10.9. The van der Waals surface area contributed by atoms with Gasteiger partial charge in [0.05, 0.1) is 12.0 Å². The molecular weight excluding hydrogens is 402 g/mol. The van der Waals surface area contributed by atoms with Crippen molar-refractivity contribution in [1.29, 1.82) is 0 Å². The maximum atomic E-state index is 13.3. The summed E-state index contributed by atoms with van der Waals surface area (Å²) >= 11 is 6.01. The van der Waals surface area contributed by atoms with E-state index < -0.39 is 5.60 Å². The minimum atomic E-state index is -0.784. The lowest BCUT2D eigenvalue weighted by Gasteiger charge is -2.35. The number of carbonyl (C=O) groups excluding carboxylic acids is 2. The molecule has 2 aromatic carbocycles. The van der Waals surface area contributed by atoms with E-state index in [1.54, 1.807) is 24.3 Å². The average molecular weight is 424 g/mol. The van der Waals surface area contributed by atoms with Crippen molar-refractivity contribution < 1.29 is 18.7 Å². The third kappa shape index (κ3) is 2.91. The van der Waals surface area contributed by atoms with Gasteiger partial charge in [-0.3, -0.25) is 9.59 Å². The van der Waals surface area contributed by atoms with E-state index in [2.05, 4.69) is 0 Å². The number of Topliss-reactive ketones (excluding diaryl/α,β-unsaturated/α-hetero) is 1. The van der Waals surface area contributed by atoms with Gasteiger partial charge in [-0.15, -0.1) is 0 Å². The number of furan rings is 1. The molecule has 1 atom stereocenters. The fraction of sp³-hybridized carbons (Fsp3) is 0.333. The average Bonchev–Trinajstić information content (AvgIpc) is 3.36. The van der Waals surface area contributed by atoms with Gasteiger partial charge in [-0.25, -0.2) is 0 Å². The first-order valence-electron chi connectivity index (χ1n) is 10.2. The summed E-state index contributed by atoms with van der Waals surface area (Å²) in [6.07, 6.45) is 2.22. The third-order valence-electron chi connectivity index (χ3n) is 6.21. The SMILES string of the molecule is Cc1c(C(=O)N2CCCC2)oc2ccc3c(c12)C(=O)CC(C)(c1ccc(Cl)cc1)O3. The van der Waals surface area contributed by atoms with Gasteiger partial charge in [-0.1, -0.05) is 23.7 Å². The molecule has 0 radical (unpaired) electrons. The van der Waals surface area contributed by atoms with Crippen molar-refractivity contribution >= 4 is 34.3 Å². The normalized spacial score (nSPS) is 21.0. The second-order valence-corrected chi connectivity index (χ2v) is 8.74. The number of benzene rings is 2. The lowest BCUT2D eigenvalue weighted by atomic mass is 9.84. The molecular formula is C24H22ClNO4. The van der Waals surface area contributed by atoms with Gasteiger partial charge in [0.2, 0.25) is 0 Å². The molecule has 0 aliphatic carbocycles. The van der Waals surface area contributed by atoms with Crippen LogP contribution in [0, 0.1) is 6.92 Å². The van der Waals surface area contributed by atoms with E-state index in [1.165, 1.54) is 0 Å². The predicted octanol–water partition coefficient (Wildman–Crippen LogP) is 5.51. The lowest BCUT2D eigenvalue weighted by molar-refractivity contribution is 0.0507. The van der Waals surface area contributed by atoms with Crippen LogP contribution in [0.25, 0.3) is 11.0 Å². The van der Waals surface area contributed by atoms with Gasteiger partial charge in [-0.2, -0.15) is 0 Å². The monoisotopic (exact) mass is 423 g/mol. The molecule has 154 valence electrons. The Morgan fingerprint density at radius 2 is 1.80 bits per heavy atom. The van der Waals surface area contributed by atoms with Crippen LogP contribution in [0.2, 0.25) is 5.02 Å². The zero-order valence-corrected chi connectivity index (χ0v) is 17.7. The van der Waals surface area contributed by atoms with Crippen LogP contribution in [-0.4, -0.2) is 29.7 Å². The van der Waals surface area contributed by atoms with Gasteiger partial charge in [0.1, 0.15) is 16.9 Å². The Morgan fingerprint density at radius 1 is 1.10 bits per heavy atom. The highest BCUT2D eigenvalue weighted by Gasteiger charge is 2.40. The molecule has 1 unspecified atom stereocenters. The summed E-state index contributed by atoms with van der Waals surface area (Å²) in [7, 11) is 0. The highest BCUT2D eigenvalue weighted by molar-refractivity contribution is 6.30. The van der Waals surface area contributed by atoms with Crippen LogP contribution in [-0.2, 0) is 5.60 Å². The van der Waals surface area contributed by atoms with Gasteiger partial charge in [-0.05, 0) is 56.5 Å². The molecule has 1 amide bonds. The van der Waals surface area contributed by atoms with Gasteiger partial charge >= 0.3 is 0 Å². The smallest absolute Gasteiger partial charge is 0.289 e. The lowest BCUT2D eigenvalue weighted by Crippen LogP contribution is -2.36. The first-order chi connectivity index (χ1) is 14.4. The van der Waals surface area contributed by atoms with Crippen molar-refractivity contribution in [3.63, 3.8) is 0 Å². The number of ketones is 1. The van der Waals surface area contributed by atoms with Crippen LogP contribution < -0.4 is 4.74 Å². The van der Waals surface area contributed by atoms with Crippen molar-refractivity contribution in [3.8, 4) is 5.75 Å². The van der Waals surface area contributed by atoms with E-state index in [4.69, 9.17) is 20.8 Å². The van der Waals surface area contributed by atoms with Crippen LogP contribution in [0.5, 0.6) is 5.75 Å². The number of hydrogen-bond donors (Lipinski definition) is 0. The largest absolute Gasteiger partial charge is 0.482 e. The van der Waals surface area contributed by atoms with Crippen molar-refractivity contribution in [2.45, 2.75) is 38.7 Å². The third-order valence-corrected chi connectivity index (χ3v) is 6.46. The summed E-state index contributed by atoms with van der Waals surface area (Å²) in [6.45, 7) is 5.24. The summed E-state index contributed by atoms with van der Waals surface area (Å²) in [5.74, 6) is 0.702. The molecule has 5 nitrogen and oxygen atoms in total. The fourth-order valence-electron chi connectivity index (χ4n) is 4.59. The van der Waals surface area contributed by atoms with E-state index >= 15 is 0 Å².